The van der Waals surface area contributed by atoms with Crippen molar-refractivity contribution in [3.8, 4) is 5.75 Å². The fraction of sp³-hybridized carbons (Fsp3) is 0.571. The highest BCUT2D eigenvalue weighted by Crippen LogP contribution is 2.18. The van der Waals surface area contributed by atoms with Gasteiger partial charge in [0.15, 0.2) is 0 Å². The predicted molar refractivity (Wildman–Crippen MR) is 68.4 cm³/mol. The van der Waals surface area contributed by atoms with E-state index >= 15 is 0 Å². The minimum Gasteiger partial charge on any atom is -0.492 e. The van der Waals surface area contributed by atoms with Crippen LogP contribution in [0.4, 0.5) is 0 Å². The third kappa shape index (κ3) is 3.45. The van der Waals surface area contributed by atoms with Crippen molar-refractivity contribution in [1.29, 1.82) is 0 Å². The highest BCUT2D eigenvalue weighted by molar-refractivity contribution is 5.26. The first-order valence-electron chi connectivity index (χ1n) is 6.24. The molecule has 1 heterocycles. The molecule has 0 saturated carbocycles. The minimum absolute atomic E-state index is 0.374. The Hall–Kier alpha value is -1.06. The van der Waals surface area contributed by atoms with E-state index in [4.69, 9.17) is 9.47 Å². The zero-order valence-electron chi connectivity index (χ0n) is 10.6. The van der Waals surface area contributed by atoms with Gasteiger partial charge in [0.2, 0.25) is 0 Å². The van der Waals surface area contributed by atoms with Crippen LogP contribution in [0, 0.1) is 12.8 Å². The summed E-state index contributed by atoms with van der Waals surface area (Å²) >= 11 is 0. The maximum atomic E-state index is 5.81. The maximum absolute atomic E-state index is 5.81. The number of ether oxygens (including phenoxy) is 2. The van der Waals surface area contributed by atoms with E-state index in [1.807, 2.05) is 19.2 Å². The molecule has 0 spiro atoms. The average Bonchev–Trinajstić information content (AvgIpc) is 2.86. The Kier molecular flexibility index (Phi) is 4.40. The van der Waals surface area contributed by atoms with E-state index in [0.29, 0.717) is 18.6 Å². The first-order valence-corrected chi connectivity index (χ1v) is 6.24. The highest BCUT2D eigenvalue weighted by atomic mass is 16.5. The van der Waals surface area contributed by atoms with E-state index in [1.54, 1.807) is 0 Å². The fourth-order valence-corrected chi connectivity index (χ4v) is 2.15. The number of nitrogens with one attached hydrogen (secondary N) is 1. The smallest absolute Gasteiger partial charge is 0.119 e. The van der Waals surface area contributed by atoms with E-state index < -0.39 is 0 Å². The number of rotatable bonds is 5. The Balaban J connectivity index is 1.84. The van der Waals surface area contributed by atoms with Crippen molar-refractivity contribution in [3.05, 3.63) is 29.8 Å². The quantitative estimate of drug-likeness (QED) is 0.846. The van der Waals surface area contributed by atoms with E-state index in [9.17, 15) is 0 Å². The maximum Gasteiger partial charge on any atom is 0.119 e. The highest BCUT2D eigenvalue weighted by Gasteiger charge is 2.24. The molecule has 3 heteroatoms. The normalized spacial score (nSPS) is 21.4. The second-order valence-corrected chi connectivity index (χ2v) is 4.64. The molecule has 0 aliphatic carbocycles. The standard InChI is InChI=1S/C14H21NO2/c1-11-3-5-13(6-4-11)17-10-14(15-2)12-7-8-16-9-12/h3-6,12,14-15H,7-10H2,1-2H3. The van der Waals surface area contributed by atoms with E-state index in [-0.39, 0.29) is 0 Å². The lowest BCUT2D eigenvalue weighted by atomic mass is 10.00. The molecule has 1 saturated heterocycles. The molecule has 0 bridgehead atoms. The van der Waals surface area contributed by atoms with Crippen LogP contribution in [-0.4, -0.2) is 32.9 Å². The van der Waals surface area contributed by atoms with Crippen LogP contribution in [0.3, 0.4) is 0 Å². The van der Waals surface area contributed by atoms with Crippen molar-refractivity contribution < 1.29 is 9.47 Å². The second-order valence-electron chi connectivity index (χ2n) is 4.64. The molecule has 2 atom stereocenters. The first kappa shape index (κ1) is 12.4. The lowest BCUT2D eigenvalue weighted by Crippen LogP contribution is -2.39. The third-order valence-corrected chi connectivity index (χ3v) is 3.36. The molecule has 3 nitrogen and oxygen atoms in total. The SMILES string of the molecule is CNC(COc1ccc(C)cc1)C1CCOC1. The molecular weight excluding hydrogens is 214 g/mol. The van der Waals surface area contributed by atoms with Gasteiger partial charge in [0.05, 0.1) is 6.61 Å². The monoisotopic (exact) mass is 235 g/mol. The molecule has 17 heavy (non-hydrogen) atoms. The van der Waals surface area contributed by atoms with Crippen LogP contribution >= 0.6 is 0 Å². The van der Waals surface area contributed by atoms with Crippen molar-refractivity contribution in [1.82, 2.24) is 5.32 Å². The molecule has 1 fully saturated rings. The van der Waals surface area contributed by atoms with Crippen LogP contribution in [-0.2, 0) is 4.74 Å². The van der Waals surface area contributed by atoms with Gasteiger partial charge in [-0.3, -0.25) is 0 Å². The molecule has 94 valence electrons. The van der Waals surface area contributed by atoms with Crippen LogP contribution in [0.15, 0.2) is 24.3 Å². The van der Waals surface area contributed by atoms with Gasteiger partial charge in [-0.25, -0.2) is 0 Å². The van der Waals surface area contributed by atoms with Gasteiger partial charge in [-0.15, -0.1) is 0 Å². The predicted octanol–water partition coefficient (Wildman–Crippen LogP) is 2.00. The summed E-state index contributed by atoms with van der Waals surface area (Å²) in [5.74, 6) is 1.51. The zero-order valence-corrected chi connectivity index (χ0v) is 10.6. The number of aryl methyl sites for hydroxylation is 1. The lowest BCUT2D eigenvalue weighted by molar-refractivity contribution is 0.162. The van der Waals surface area contributed by atoms with Crippen LogP contribution in [0.5, 0.6) is 5.75 Å². The molecule has 1 aliphatic rings. The zero-order chi connectivity index (χ0) is 12.1. The Labute approximate surface area is 103 Å². The molecule has 1 aromatic rings. The lowest BCUT2D eigenvalue weighted by Gasteiger charge is -2.22. The van der Waals surface area contributed by atoms with Crippen molar-refractivity contribution in [2.75, 3.05) is 26.9 Å². The molecule has 1 N–H and O–H groups in total. The fourth-order valence-electron chi connectivity index (χ4n) is 2.15. The summed E-state index contributed by atoms with van der Waals surface area (Å²) in [7, 11) is 1.99. The number of hydrogen-bond donors (Lipinski definition) is 1. The Morgan fingerprint density at radius 1 is 1.41 bits per heavy atom. The van der Waals surface area contributed by atoms with Crippen LogP contribution < -0.4 is 10.1 Å². The average molecular weight is 235 g/mol. The number of likely N-dealkylation sites (N-methyl/N-ethyl adjacent to an activating group) is 1. The van der Waals surface area contributed by atoms with Crippen molar-refractivity contribution >= 4 is 0 Å². The second kappa shape index (κ2) is 6.03. The summed E-state index contributed by atoms with van der Waals surface area (Å²) in [6, 6.07) is 8.56. The number of benzene rings is 1. The van der Waals surface area contributed by atoms with Gasteiger partial charge in [-0.2, -0.15) is 0 Å². The molecular formula is C14H21NO2. The minimum atomic E-state index is 0.374. The van der Waals surface area contributed by atoms with E-state index in [2.05, 4.69) is 24.4 Å². The summed E-state index contributed by atoms with van der Waals surface area (Å²) in [5.41, 5.74) is 1.26. The van der Waals surface area contributed by atoms with Gasteiger partial charge in [0.1, 0.15) is 12.4 Å². The van der Waals surface area contributed by atoms with Gasteiger partial charge in [0.25, 0.3) is 0 Å². The van der Waals surface area contributed by atoms with Crippen molar-refractivity contribution in [2.24, 2.45) is 5.92 Å². The van der Waals surface area contributed by atoms with Crippen LogP contribution in [0.25, 0.3) is 0 Å². The largest absolute Gasteiger partial charge is 0.492 e. The van der Waals surface area contributed by atoms with Crippen molar-refractivity contribution in [3.63, 3.8) is 0 Å². The molecule has 1 aromatic carbocycles. The van der Waals surface area contributed by atoms with Gasteiger partial charge in [0, 0.05) is 18.6 Å². The van der Waals surface area contributed by atoms with Gasteiger partial charge in [-0.1, -0.05) is 17.7 Å². The Morgan fingerprint density at radius 2 is 2.18 bits per heavy atom. The Bertz CT molecular complexity index is 331. The van der Waals surface area contributed by atoms with Crippen LogP contribution in [0.2, 0.25) is 0 Å². The Morgan fingerprint density at radius 3 is 2.76 bits per heavy atom. The molecule has 0 amide bonds. The molecule has 0 aromatic heterocycles. The van der Waals surface area contributed by atoms with E-state index in [0.717, 1.165) is 25.4 Å². The van der Waals surface area contributed by atoms with Gasteiger partial charge < -0.3 is 14.8 Å². The summed E-state index contributed by atoms with van der Waals surface area (Å²) in [5, 5.41) is 3.32. The summed E-state index contributed by atoms with van der Waals surface area (Å²) < 4.78 is 11.2. The number of hydrogen-bond acceptors (Lipinski definition) is 3. The molecule has 2 unspecified atom stereocenters. The summed E-state index contributed by atoms with van der Waals surface area (Å²) in [6.45, 7) is 4.51. The topological polar surface area (TPSA) is 30.5 Å². The van der Waals surface area contributed by atoms with Crippen molar-refractivity contribution in [2.45, 2.75) is 19.4 Å². The third-order valence-electron chi connectivity index (χ3n) is 3.36. The summed E-state index contributed by atoms with van der Waals surface area (Å²) in [6.07, 6.45) is 1.13. The summed E-state index contributed by atoms with van der Waals surface area (Å²) in [4.78, 5) is 0. The molecule has 2 rings (SSSR count). The van der Waals surface area contributed by atoms with E-state index in [1.165, 1.54) is 5.56 Å². The van der Waals surface area contributed by atoms with Gasteiger partial charge in [-0.05, 0) is 32.5 Å². The molecule has 1 aliphatic heterocycles. The first-order chi connectivity index (χ1) is 8.29. The van der Waals surface area contributed by atoms with Crippen LogP contribution in [0.1, 0.15) is 12.0 Å². The van der Waals surface area contributed by atoms with Gasteiger partial charge >= 0.3 is 0 Å². The molecule has 0 radical (unpaired) electrons.